The molecule has 0 fully saturated rings. The molecular formula is C8H24Ca2O7P2. The molecule has 0 aromatic rings. The molecule has 0 aliphatic heterocycles. The summed E-state index contributed by atoms with van der Waals surface area (Å²) in [7, 11) is -10.5. The number of hydrogen-bond donors (Lipinski definition) is 5. The van der Waals surface area contributed by atoms with E-state index in [4.69, 9.17) is 19.6 Å². The second-order valence-electron chi connectivity index (χ2n) is 4.03. The Bertz CT molecular complexity index is 305. The molecule has 0 unspecified atom stereocenters. The summed E-state index contributed by atoms with van der Waals surface area (Å²) in [5.41, 5.74) is 0. The summed E-state index contributed by atoms with van der Waals surface area (Å²) in [6.45, 7) is 1.99. The zero-order chi connectivity index (χ0) is 13.7. The molecule has 112 valence electrons. The fourth-order valence-electron chi connectivity index (χ4n) is 1.43. The monoisotopic (exact) mass is 374 g/mol. The fraction of sp³-hybridized carbons (Fsp3) is 1.00. The van der Waals surface area contributed by atoms with Crippen molar-refractivity contribution in [1.82, 2.24) is 0 Å². The van der Waals surface area contributed by atoms with Crippen molar-refractivity contribution in [3.8, 4) is 0 Å². The number of hydrogen-bond acceptors (Lipinski definition) is 3. The first-order valence-electron chi connectivity index (χ1n) is 5.40. The van der Waals surface area contributed by atoms with E-state index in [0.717, 1.165) is 19.3 Å². The van der Waals surface area contributed by atoms with Crippen LogP contribution in [0.25, 0.3) is 0 Å². The summed E-state index contributed by atoms with van der Waals surface area (Å²) >= 11 is 0. The summed E-state index contributed by atoms with van der Waals surface area (Å²) in [5, 5.41) is 6.27. The molecule has 0 atom stereocenters. The van der Waals surface area contributed by atoms with Gasteiger partial charge in [0.1, 0.15) is 0 Å². The van der Waals surface area contributed by atoms with Crippen molar-refractivity contribution < 1.29 is 33.8 Å². The summed E-state index contributed by atoms with van der Waals surface area (Å²) in [4.78, 5) is 35.4. The van der Waals surface area contributed by atoms with E-state index in [1.165, 1.54) is 0 Å². The predicted octanol–water partition coefficient (Wildman–Crippen LogP) is -0.484. The van der Waals surface area contributed by atoms with Crippen molar-refractivity contribution in [2.45, 2.75) is 50.5 Å². The van der Waals surface area contributed by atoms with Crippen LogP contribution in [0.5, 0.6) is 0 Å². The van der Waals surface area contributed by atoms with Gasteiger partial charge in [0.15, 0.2) is 0 Å². The van der Waals surface area contributed by atoms with Crippen LogP contribution in [0.2, 0.25) is 0 Å². The molecule has 5 N–H and O–H groups in total. The molecule has 0 heterocycles. The van der Waals surface area contributed by atoms with Gasteiger partial charge in [-0.15, -0.1) is 0 Å². The summed E-state index contributed by atoms with van der Waals surface area (Å²) < 4.78 is 21.9. The summed E-state index contributed by atoms with van der Waals surface area (Å²) in [6.07, 6.45) is 2.83. The Hall–Kier alpha value is 2.78. The Balaban J connectivity index is -0.00000128. The second-order valence-corrected chi connectivity index (χ2v) is 8.04. The van der Waals surface area contributed by atoms with Crippen molar-refractivity contribution in [2.75, 3.05) is 0 Å². The van der Waals surface area contributed by atoms with Crippen LogP contribution in [0.3, 0.4) is 0 Å². The Kier molecular flexibility index (Phi) is 15.9. The Labute approximate surface area is 172 Å². The van der Waals surface area contributed by atoms with E-state index in [0.29, 0.717) is 6.42 Å². The average molecular weight is 374 g/mol. The van der Waals surface area contributed by atoms with E-state index < -0.39 is 26.7 Å². The molecule has 19 heavy (non-hydrogen) atoms. The van der Waals surface area contributed by atoms with E-state index in [1.54, 1.807) is 0 Å². The van der Waals surface area contributed by atoms with Gasteiger partial charge in [0.05, 0.1) is 0 Å². The number of unbranched alkanes of at least 4 members (excludes halogenated alkanes) is 4. The van der Waals surface area contributed by atoms with Gasteiger partial charge in [-0.25, -0.2) is 0 Å². The molecule has 0 bridgehead atoms. The first-order chi connectivity index (χ1) is 7.56. The quantitative estimate of drug-likeness (QED) is 0.220. The van der Waals surface area contributed by atoms with Crippen LogP contribution in [-0.2, 0) is 9.13 Å². The van der Waals surface area contributed by atoms with E-state index in [1.807, 2.05) is 6.92 Å². The molecule has 0 spiro atoms. The molecule has 0 saturated heterocycles. The maximum absolute atomic E-state index is 11.0. The van der Waals surface area contributed by atoms with Crippen LogP contribution in [0.15, 0.2) is 0 Å². The van der Waals surface area contributed by atoms with Gasteiger partial charge in [0.25, 0.3) is 5.08 Å². The summed E-state index contributed by atoms with van der Waals surface area (Å²) in [5.74, 6) is 0. The van der Waals surface area contributed by atoms with Crippen LogP contribution in [-0.4, -0.2) is 105 Å². The van der Waals surface area contributed by atoms with Gasteiger partial charge in [0, 0.05) is 0 Å². The van der Waals surface area contributed by atoms with Crippen molar-refractivity contribution in [1.29, 1.82) is 0 Å². The van der Waals surface area contributed by atoms with Crippen LogP contribution < -0.4 is 0 Å². The van der Waals surface area contributed by atoms with Crippen LogP contribution in [0.1, 0.15) is 45.4 Å². The van der Waals surface area contributed by atoms with Gasteiger partial charge in [-0.2, -0.15) is 0 Å². The Morgan fingerprint density at radius 2 is 1.21 bits per heavy atom. The maximum atomic E-state index is 11.0. The first kappa shape index (κ1) is 26.7. The average Bonchev–Trinajstić information content (AvgIpc) is 2.13. The van der Waals surface area contributed by atoms with Gasteiger partial charge in [-0.05, 0) is 12.8 Å². The summed E-state index contributed by atoms with van der Waals surface area (Å²) in [6, 6.07) is 0. The van der Waals surface area contributed by atoms with Gasteiger partial charge in [0.2, 0.25) is 0 Å². The molecule has 0 aromatic heterocycles. The van der Waals surface area contributed by atoms with Gasteiger partial charge in [-0.3, -0.25) is 9.13 Å². The number of aliphatic hydroxyl groups is 1. The van der Waals surface area contributed by atoms with E-state index >= 15 is 0 Å². The molecule has 0 amide bonds. The van der Waals surface area contributed by atoms with E-state index in [-0.39, 0.29) is 81.9 Å². The number of rotatable bonds is 8. The fourth-order valence-corrected chi connectivity index (χ4v) is 3.68. The molecule has 0 saturated carbocycles. The standard InChI is InChI=1S/C8H20O7P2.2Ca.4H/c1-2-3-4-5-6-7-8(9,16(10,11)12)17(13,14)15;;;;;;/h9H,2-7H2,1H3,(H2,10,11,12)(H2,13,14,15);;;;;;. The molecule has 11 heteroatoms. The molecule has 0 aliphatic carbocycles. The zero-order valence-electron chi connectivity index (χ0n) is 9.69. The van der Waals surface area contributed by atoms with Gasteiger partial charge >= 0.3 is 90.7 Å². The van der Waals surface area contributed by atoms with Gasteiger partial charge < -0.3 is 24.7 Å². The topological polar surface area (TPSA) is 135 Å². The molecular weight excluding hydrogens is 350 g/mol. The van der Waals surface area contributed by atoms with E-state index in [9.17, 15) is 14.2 Å². The van der Waals surface area contributed by atoms with Crippen LogP contribution in [0.4, 0.5) is 0 Å². The SMILES string of the molecule is CCCCCCCC(O)(P(=O)(O)O)P(=O)(O)O.[CaH2].[CaH2]. The van der Waals surface area contributed by atoms with Crippen molar-refractivity contribution in [2.24, 2.45) is 0 Å². The second kappa shape index (κ2) is 11.3. The Morgan fingerprint density at radius 3 is 1.53 bits per heavy atom. The third kappa shape index (κ3) is 8.85. The molecule has 0 radical (unpaired) electrons. The molecule has 0 rings (SSSR count). The normalized spacial score (nSPS) is 12.5. The Morgan fingerprint density at radius 1 is 0.842 bits per heavy atom. The van der Waals surface area contributed by atoms with E-state index in [2.05, 4.69) is 0 Å². The molecule has 0 aliphatic rings. The van der Waals surface area contributed by atoms with Crippen LogP contribution >= 0.6 is 15.2 Å². The van der Waals surface area contributed by atoms with Gasteiger partial charge in [-0.1, -0.05) is 32.6 Å². The third-order valence-corrected chi connectivity index (χ3v) is 6.43. The van der Waals surface area contributed by atoms with Crippen molar-refractivity contribution >= 4 is 90.7 Å². The van der Waals surface area contributed by atoms with Crippen LogP contribution in [0, 0.1) is 0 Å². The molecule has 0 aromatic carbocycles. The zero-order valence-corrected chi connectivity index (χ0v) is 11.5. The minimum atomic E-state index is -5.27. The molecule has 7 nitrogen and oxygen atoms in total. The van der Waals surface area contributed by atoms with Crippen molar-refractivity contribution in [3.63, 3.8) is 0 Å². The minimum absolute atomic E-state index is 0. The van der Waals surface area contributed by atoms with Crippen molar-refractivity contribution in [3.05, 3.63) is 0 Å². The predicted molar refractivity (Wildman–Crippen MR) is 79.5 cm³/mol. The third-order valence-electron chi connectivity index (χ3n) is 2.55. The first-order valence-corrected chi connectivity index (χ1v) is 8.62.